The molecule has 1 atom stereocenters. The van der Waals surface area contributed by atoms with Gasteiger partial charge < -0.3 is 9.84 Å². The molecule has 0 amide bonds. The maximum Gasteiger partial charge on any atom is 0.122 e. The molecule has 0 aliphatic carbocycles. The van der Waals surface area contributed by atoms with Crippen molar-refractivity contribution in [2.45, 2.75) is 26.2 Å². The molecule has 0 spiro atoms. The lowest BCUT2D eigenvalue weighted by Crippen LogP contribution is -2.10. The number of hydrogen-bond donors (Lipinski definition) is 1. The first-order valence-electron chi connectivity index (χ1n) is 5.64. The summed E-state index contributed by atoms with van der Waals surface area (Å²) in [5.74, 6) is 1.23. The molecule has 1 unspecified atom stereocenters. The van der Waals surface area contributed by atoms with Crippen LogP contribution < -0.4 is 4.74 Å². The fourth-order valence-corrected chi connectivity index (χ4v) is 2.29. The number of hydrogen-bond acceptors (Lipinski definition) is 2. The highest BCUT2D eigenvalue weighted by Crippen LogP contribution is 2.26. The zero-order valence-corrected chi connectivity index (χ0v) is 11.5. The number of ether oxygens (including phenoxy) is 1. The van der Waals surface area contributed by atoms with Crippen molar-refractivity contribution in [3.63, 3.8) is 0 Å². The summed E-state index contributed by atoms with van der Waals surface area (Å²) in [7, 11) is 1.68. The Morgan fingerprint density at radius 1 is 1.44 bits per heavy atom. The maximum atomic E-state index is 9.30. The number of aliphatic hydroxyl groups is 1. The molecule has 1 aromatic rings. The van der Waals surface area contributed by atoms with Crippen molar-refractivity contribution in [2.75, 3.05) is 13.7 Å². The van der Waals surface area contributed by atoms with Gasteiger partial charge in [-0.25, -0.2) is 0 Å². The summed E-state index contributed by atoms with van der Waals surface area (Å²) < 4.78 is 6.37. The number of rotatable bonds is 6. The molecule has 2 nitrogen and oxygen atoms in total. The fourth-order valence-electron chi connectivity index (χ4n) is 1.88. The second-order valence-electron chi connectivity index (χ2n) is 4.00. The predicted molar refractivity (Wildman–Crippen MR) is 69.9 cm³/mol. The van der Waals surface area contributed by atoms with Gasteiger partial charge in [0.15, 0.2) is 0 Å². The third-order valence-corrected chi connectivity index (χ3v) is 3.20. The van der Waals surface area contributed by atoms with E-state index in [1.165, 1.54) is 0 Å². The second kappa shape index (κ2) is 6.92. The Labute approximate surface area is 106 Å². The maximum absolute atomic E-state index is 9.30. The summed E-state index contributed by atoms with van der Waals surface area (Å²) in [5.41, 5.74) is 1.16. The Hall–Kier alpha value is -0.540. The number of benzene rings is 1. The predicted octanol–water partition coefficient (Wildman–Crippen LogP) is 3.41. The van der Waals surface area contributed by atoms with E-state index >= 15 is 0 Å². The van der Waals surface area contributed by atoms with Gasteiger partial charge in [0, 0.05) is 11.1 Å². The molecule has 90 valence electrons. The van der Waals surface area contributed by atoms with E-state index in [2.05, 4.69) is 28.9 Å². The van der Waals surface area contributed by atoms with Crippen LogP contribution in [0.25, 0.3) is 0 Å². The van der Waals surface area contributed by atoms with E-state index in [1.807, 2.05) is 12.1 Å². The van der Waals surface area contributed by atoms with Crippen molar-refractivity contribution in [1.82, 2.24) is 0 Å². The number of halogens is 1. The lowest BCUT2D eigenvalue weighted by Gasteiger charge is -2.15. The summed E-state index contributed by atoms with van der Waals surface area (Å²) in [4.78, 5) is 0. The zero-order valence-electron chi connectivity index (χ0n) is 9.87. The minimum atomic E-state index is 0.240. The van der Waals surface area contributed by atoms with Crippen LogP contribution in [-0.2, 0) is 6.42 Å². The SMILES string of the molecule is CCCC(CO)Cc1cc(Br)ccc1OC. The smallest absolute Gasteiger partial charge is 0.122 e. The van der Waals surface area contributed by atoms with E-state index in [4.69, 9.17) is 4.74 Å². The van der Waals surface area contributed by atoms with Gasteiger partial charge in [-0.1, -0.05) is 29.3 Å². The van der Waals surface area contributed by atoms with E-state index in [0.29, 0.717) is 5.92 Å². The van der Waals surface area contributed by atoms with Gasteiger partial charge in [0.1, 0.15) is 5.75 Å². The van der Waals surface area contributed by atoms with Gasteiger partial charge in [0.25, 0.3) is 0 Å². The van der Waals surface area contributed by atoms with Crippen LogP contribution in [0.1, 0.15) is 25.3 Å². The van der Waals surface area contributed by atoms with E-state index in [1.54, 1.807) is 7.11 Å². The van der Waals surface area contributed by atoms with Crippen LogP contribution in [0.3, 0.4) is 0 Å². The summed E-state index contributed by atoms with van der Waals surface area (Å²) in [6.45, 7) is 2.38. The summed E-state index contributed by atoms with van der Waals surface area (Å²) in [6, 6.07) is 5.99. The van der Waals surface area contributed by atoms with Gasteiger partial charge in [-0.2, -0.15) is 0 Å². The molecular formula is C13H19BrO2. The molecule has 3 heteroatoms. The lowest BCUT2D eigenvalue weighted by molar-refractivity contribution is 0.216. The van der Waals surface area contributed by atoms with E-state index in [-0.39, 0.29) is 6.61 Å². The third kappa shape index (κ3) is 3.80. The van der Waals surface area contributed by atoms with Crippen molar-refractivity contribution in [2.24, 2.45) is 5.92 Å². The molecule has 0 bridgehead atoms. The van der Waals surface area contributed by atoms with Crippen LogP contribution in [0.15, 0.2) is 22.7 Å². The summed E-state index contributed by atoms with van der Waals surface area (Å²) in [5, 5.41) is 9.30. The van der Waals surface area contributed by atoms with E-state index < -0.39 is 0 Å². The summed E-state index contributed by atoms with van der Waals surface area (Å²) in [6.07, 6.45) is 3.01. The molecule has 1 aromatic carbocycles. The monoisotopic (exact) mass is 286 g/mol. The largest absolute Gasteiger partial charge is 0.496 e. The van der Waals surface area contributed by atoms with Crippen molar-refractivity contribution in [1.29, 1.82) is 0 Å². The van der Waals surface area contributed by atoms with Crippen LogP contribution >= 0.6 is 15.9 Å². The Balaban J connectivity index is 2.80. The molecule has 1 rings (SSSR count). The quantitative estimate of drug-likeness (QED) is 0.868. The highest BCUT2D eigenvalue weighted by molar-refractivity contribution is 9.10. The van der Waals surface area contributed by atoms with Crippen LogP contribution in [0.2, 0.25) is 0 Å². The number of aliphatic hydroxyl groups excluding tert-OH is 1. The zero-order chi connectivity index (χ0) is 12.0. The molecule has 0 saturated carbocycles. The van der Waals surface area contributed by atoms with Crippen LogP contribution in [-0.4, -0.2) is 18.8 Å². The average molecular weight is 287 g/mol. The number of methoxy groups -OCH3 is 1. The minimum absolute atomic E-state index is 0.240. The summed E-state index contributed by atoms with van der Waals surface area (Å²) >= 11 is 3.46. The normalized spacial score (nSPS) is 12.5. The van der Waals surface area contributed by atoms with Gasteiger partial charge in [-0.3, -0.25) is 0 Å². The molecule has 0 fully saturated rings. The minimum Gasteiger partial charge on any atom is -0.496 e. The van der Waals surface area contributed by atoms with E-state index in [9.17, 15) is 5.11 Å². The second-order valence-corrected chi connectivity index (χ2v) is 4.91. The first-order valence-corrected chi connectivity index (χ1v) is 6.43. The highest BCUT2D eigenvalue weighted by atomic mass is 79.9. The molecular weight excluding hydrogens is 268 g/mol. The van der Waals surface area contributed by atoms with Gasteiger partial charge in [0.05, 0.1) is 7.11 Å². The molecule has 0 aliphatic heterocycles. The Bertz CT molecular complexity index is 326. The lowest BCUT2D eigenvalue weighted by atomic mass is 9.95. The molecule has 0 heterocycles. The Morgan fingerprint density at radius 2 is 2.19 bits per heavy atom. The molecule has 0 saturated heterocycles. The van der Waals surface area contributed by atoms with Crippen LogP contribution in [0.5, 0.6) is 5.75 Å². The van der Waals surface area contributed by atoms with Crippen molar-refractivity contribution in [3.05, 3.63) is 28.2 Å². The van der Waals surface area contributed by atoms with Crippen LogP contribution in [0.4, 0.5) is 0 Å². The molecule has 1 N–H and O–H groups in total. The van der Waals surface area contributed by atoms with Gasteiger partial charge in [0.2, 0.25) is 0 Å². The van der Waals surface area contributed by atoms with Gasteiger partial charge >= 0.3 is 0 Å². The average Bonchev–Trinajstić information content (AvgIpc) is 2.29. The Morgan fingerprint density at radius 3 is 2.75 bits per heavy atom. The highest BCUT2D eigenvalue weighted by Gasteiger charge is 2.11. The molecule has 0 radical (unpaired) electrons. The fraction of sp³-hybridized carbons (Fsp3) is 0.538. The van der Waals surface area contributed by atoms with Crippen molar-refractivity contribution < 1.29 is 9.84 Å². The van der Waals surface area contributed by atoms with Gasteiger partial charge in [-0.05, 0) is 42.5 Å². The van der Waals surface area contributed by atoms with Crippen molar-refractivity contribution in [3.8, 4) is 5.75 Å². The molecule has 0 aromatic heterocycles. The van der Waals surface area contributed by atoms with Crippen LogP contribution in [0, 0.1) is 5.92 Å². The topological polar surface area (TPSA) is 29.5 Å². The molecule has 0 aliphatic rings. The standard InChI is InChI=1S/C13H19BrO2/c1-3-4-10(9-15)7-11-8-12(14)5-6-13(11)16-2/h5-6,8,10,15H,3-4,7,9H2,1-2H3. The van der Waals surface area contributed by atoms with E-state index in [0.717, 1.165) is 35.0 Å². The Kier molecular flexibility index (Phi) is 5.85. The first kappa shape index (κ1) is 13.5. The molecule has 16 heavy (non-hydrogen) atoms. The third-order valence-electron chi connectivity index (χ3n) is 2.71. The van der Waals surface area contributed by atoms with Crippen molar-refractivity contribution >= 4 is 15.9 Å². The van der Waals surface area contributed by atoms with Gasteiger partial charge in [-0.15, -0.1) is 0 Å². The first-order chi connectivity index (χ1) is 7.71.